The Balaban J connectivity index is 2.10. The van der Waals surface area contributed by atoms with Gasteiger partial charge in [0.2, 0.25) is 0 Å². The molecule has 0 atom stereocenters. The first-order valence-electron chi connectivity index (χ1n) is 5.76. The third kappa shape index (κ3) is 2.08. The van der Waals surface area contributed by atoms with Crippen LogP contribution < -0.4 is 11.1 Å². The van der Waals surface area contributed by atoms with E-state index in [4.69, 9.17) is 17.3 Å². The van der Waals surface area contributed by atoms with Crippen molar-refractivity contribution in [2.45, 2.75) is 6.92 Å². The van der Waals surface area contributed by atoms with Crippen molar-refractivity contribution >= 4 is 34.6 Å². The van der Waals surface area contributed by atoms with Crippen molar-refractivity contribution in [1.82, 2.24) is 14.4 Å². The first kappa shape index (κ1) is 11.8. The number of rotatable bonds is 2. The first-order chi connectivity index (χ1) is 9.15. The second kappa shape index (κ2) is 4.44. The van der Waals surface area contributed by atoms with Crippen molar-refractivity contribution in [2.24, 2.45) is 0 Å². The van der Waals surface area contributed by atoms with Crippen LogP contribution in [0.25, 0.3) is 5.65 Å². The number of fused-ring (bicyclic) bond motifs is 1. The van der Waals surface area contributed by atoms with Gasteiger partial charge in [0.15, 0.2) is 11.5 Å². The van der Waals surface area contributed by atoms with Gasteiger partial charge in [0, 0.05) is 23.1 Å². The van der Waals surface area contributed by atoms with Gasteiger partial charge in [0.25, 0.3) is 0 Å². The minimum atomic E-state index is 0.424. The van der Waals surface area contributed by atoms with E-state index in [2.05, 4.69) is 15.3 Å². The molecule has 3 aromatic rings. The number of nitrogens with one attached hydrogen (secondary N) is 1. The SMILES string of the molecule is Cc1c(Cl)cccc1Nc1nc(N)cn2ccnc12. The number of nitrogens with zero attached hydrogens (tertiary/aromatic N) is 3. The molecule has 19 heavy (non-hydrogen) atoms. The quantitative estimate of drug-likeness (QED) is 0.753. The zero-order valence-electron chi connectivity index (χ0n) is 10.3. The van der Waals surface area contributed by atoms with Crippen molar-refractivity contribution in [3.8, 4) is 0 Å². The maximum Gasteiger partial charge on any atom is 0.180 e. The van der Waals surface area contributed by atoms with Gasteiger partial charge in [-0.1, -0.05) is 17.7 Å². The number of nitrogen functional groups attached to an aromatic ring is 1. The van der Waals surface area contributed by atoms with Crippen molar-refractivity contribution in [3.63, 3.8) is 0 Å². The second-order valence-corrected chi connectivity index (χ2v) is 4.62. The third-order valence-electron chi connectivity index (χ3n) is 2.91. The highest BCUT2D eigenvalue weighted by molar-refractivity contribution is 6.31. The third-order valence-corrected chi connectivity index (χ3v) is 3.32. The summed E-state index contributed by atoms with van der Waals surface area (Å²) in [5.41, 5.74) is 8.34. The molecule has 0 aliphatic rings. The number of hydrogen-bond acceptors (Lipinski definition) is 4. The van der Waals surface area contributed by atoms with E-state index < -0.39 is 0 Å². The Morgan fingerprint density at radius 1 is 1.37 bits per heavy atom. The van der Waals surface area contributed by atoms with E-state index >= 15 is 0 Å². The Hall–Kier alpha value is -2.27. The molecule has 2 aromatic heterocycles. The number of anilines is 3. The maximum atomic E-state index is 6.10. The fourth-order valence-electron chi connectivity index (χ4n) is 1.91. The molecule has 5 nitrogen and oxygen atoms in total. The molecule has 3 rings (SSSR count). The van der Waals surface area contributed by atoms with Crippen LogP contribution in [0.2, 0.25) is 5.02 Å². The highest BCUT2D eigenvalue weighted by atomic mass is 35.5. The van der Waals surface area contributed by atoms with Crippen molar-refractivity contribution < 1.29 is 0 Å². The van der Waals surface area contributed by atoms with E-state index in [1.165, 1.54) is 0 Å². The number of imidazole rings is 1. The fraction of sp³-hybridized carbons (Fsp3) is 0.0769. The monoisotopic (exact) mass is 273 g/mol. The molecule has 0 saturated heterocycles. The maximum absolute atomic E-state index is 6.10. The van der Waals surface area contributed by atoms with Crippen LogP contribution in [-0.4, -0.2) is 14.4 Å². The minimum Gasteiger partial charge on any atom is -0.382 e. The predicted octanol–water partition coefficient (Wildman–Crippen LogP) is 3.02. The van der Waals surface area contributed by atoms with E-state index in [0.29, 0.717) is 22.3 Å². The van der Waals surface area contributed by atoms with E-state index in [1.54, 1.807) is 12.4 Å². The van der Waals surface area contributed by atoms with Crippen molar-refractivity contribution in [1.29, 1.82) is 0 Å². The summed E-state index contributed by atoms with van der Waals surface area (Å²) in [6.45, 7) is 1.94. The van der Waals surface area contributed by atoms with Gasteiger partial charge >= 0.3 is 0 Å². The average Bonchev–Trinajstić information content (AvgIpc) is 2.83. The van der Waals surface area contributed by atoms with Crippen LogP contribution in [0.1, 0.15) is 5.56 Å². The Kier molecular flexibility index (Phi) is 2.76. The lowest BCUT2D eigenvalue weighted by Crippen LogP contribution is -2.02. The summed E-state index contributed by atoms with van der Waals surface area (Å²) in [6.07, 6.45) is 5.24. The van der Waals surface area contributed by atoms with Crippen LogP contribution in [0.5, 0.6) is 0 Å². The Labute approximate surface area is 115 Å². The Morgan fingerprint density at radius 3 is 3.05 bits per heavy atom. The van der Waals surface area contributed by atoms with Gasteiger partial charge in [0.05, 0.1) is 6.20 Å². The molecule has 2 heterocycles. The smallest absolute Gasteiger partial charge is 0.180 e. The van der Waals surface area contributed by atoms with Crippen LogP contribution in [0.15, 0.2) is 36.8 Å². The largest absolute Gasteiger partial charge is 0.382 e. The predicted molar refractivity (Wildman–Crippen MR) is 76.9 cm³/mol. The van der Waals surface area contributed by atoms with Gasteiger partial charge in [-0.15, -0.1) is 0 Å². The zero-order valence-corrected chi connectivity index (χ0v) is 11.0. The summed E-state index contributed by atoms with van der Waals surface area (Å²) in [5, 5.41) is 3.93. The molecule has 3 N–H and O–H groups in total. The van der Waals surface area contributed by atoms with Gasteiger partial charge < -0.3 is 15.5 Å². The highest BCUT2D eigenvalue weighted by Crippen LogP contribution is 2.27. The second-order valence-electron chi connectivity index (χ2n) is 4.21. The van der Waals surface area contributed by atoms with E-state index in [0.717, 1.165) is 11.3 Å². The zero-order chi connectivity index (χ0) is 13.4. The summed E-state index contributed by atoms with van der Waals surface area (Å²) in [6, 6.07) is 5.66. The molecule has 0 aliphatic carbocycles. The Morgan fingerprint density at radius 2 is 2.21 bits per heavy atom. The lowest BCUT2D eigenvalue weighted by atomic mass is 10.2. The molecule has 6 heteroatoms. The van der Waals surface area contributed by atoms with Gasteiger partial charge in [-0.3, -0.25) is 0 Å². The Bertz CT molecular complexity index is 750. The fourth-order valence-corrected chi connectivity index (χ4v) is 2.08. The molecule has 96 valence electrons. The number of aromatic nitrogens is 3. The molecule has 0 saturated carbocycles. The van der Waals surface area contributed by atoms with Gasteiger partial charge in [0.1, 0.15) is 5.82 Å². The lowest BCUT2D eigenvalue weighted by Gasteiger charge is -2.11. The average molecular weight is 274 g/mol. The molecule has 0 fully saturated rings. The molecule has 0 spiro atoms. The van der Waals surface area contributed by atoms with E-state index in [1.807, 2.05) is 35.7 Å². The van der Waals surface area contributed by atoms with Crippen molar-refractivity contribution in [3.05, 3.63) is 47.4 Å². The van der Waals surface area contributed by atoms with Crippen LogP contribution in [0.4, 0.5) is 17.3 Å². The highest BCUT2D eigenvalue weighted by Gasteiger charge is 2.08. The summed E-state index contributed by atoms with van der Waals surface area (Å²) in [5.74, 6) is 1.03. The van der Waals surface area contributed by atoms with Crippen LogP contribution in [0, 0.1) is 6.92 Å². The normalized spacial score (nSPS) is 10.8. The molecule has 0 radical (unpaired) electrons. The topological polar surface area (TPSA) is 68.2 Å². The molecule has 0 amide bonds. The lowest BCUT2D eigenvalue weighted by molar-refractivity contribution is 1.13. The standard InChI is InChI=1S/C13H12ClN5/c1-8-9(14)3-2-4-10(8)17-12-13-16-5-6-19(13)7-11(15)18-12/h2-7H,15H2,1H3,(H,17,18). The van der Waals surface area contributed by atoms with Crippen LogP contribution in [-0.2, 0) is 0 Å². The summed E-state index contributed by atoms with van der Waals surface area (Å²) in [7, 11) is 0. The van der Waals surface area contributed by atoms with E-state index in [9.17, 15) is 0 Å². The molecule has 0 aliphatic heterocycles. The molecule has 0 bridgehead atoms. The molecular weight excluding hydrogens is 262 g/mol. The van der Waals surface area contributed by atoms with Gasteiger partial charge in [-0.25, -0.2) is 9.97 Å². The summed E-state index contributed by atoms with van der Waals surface area (Å²) >= 11 is 6.10. The molecular formula is C13H12ClN5. The number of halogens is 1. The number of benzene rings is 1. The summed E-state index contributed by atoms with van der Waals surface area (Å²) < 4.78 is 1.82. The van der Waals surface area contributed by atoms with Crippen LogP contribution >= 0.6 is 11.6 Å². The first-order valence-corrected chi connectivity index (χ1v) is 6.14. The number of nitrogens with two attached hydrogens (primary N) is 1. The molecule has 1 aromatic carbocycles. The van der Waals surface area contributed by atoms with Gasteiger partial charge in [-0.2, -0.15) is 0 Å². The number of hydrogen-bond donors (Lipinski definition) is 2. The van der Waals surface area contributed by atoms with E-state index in [-0.39, 0.29) is 0 Å². The van der Waals surface area contributed by atoms with Crippen LogP contribution in [0.3, 0.4) is 0 Å². The molecule has 0 unspecified atom stereocenters. The minimum absolute atomic E-state index is 0.424. The van der Waals surface area contributed by atoms with Gasteiger partial charge in [-0.05, 0) is 24.6 Å². The van der Waals surface area contributed by atoms with Crippen molar-refractivity contribution in [2.75, 3.05) is 11.1 Å². The summed E-state index contributed by atoms with van der Waals surface area (Å²) in [4.78, 5) is 8.54.